The van der Waals surface area contributed by atoms with E-state index in [9.17, 15) is 14.7 Å². The van der Waals surface area contributed by atoms with Crippen molar-refractivity contribution in [3.8, 4) is 23.0 Å². The monoisotopic (exact) mass is 546 g/mol. The van der Waals surface area contributed by atoms with E-state index in [4.69, 9.17) is 18.9 Å². The van der Waals surface area contributed by atoms with E-state index in [1.807, 2.05) is 49.3 Å². The fourth-order valence-corrected chi connectivity index (χ4v) is 4.63. The molecule has 1 N–H and O–H groups in total. The van der Waals surface area contributed by atoms with Gasteiger partial charge in [0.25, 0.3) is 11.7 Å². The number of amides is 1. The smallest absolute Gasteiger partial charge is 0.295 e. The number of benzene rings is 3. The Bertz CT molecular complexity index is 1360. The highest BCUT2D eigenvalue weighted by Gasteiger charge is 2.46. The Morgan fingerprint density at radius 1 is 0.900 bits per heavy atom. The zero-order valence-corrected chi connectivity index (χ0v) is 23.3. The second-order valence-corrected chi connectivity index (χ2v) is 9.55. The number of nitrogens with zero attached hydrogens (tertiary/aromatic N) is 2. The van der Waals surface area contributed by atoms with Crippen LogP contribution in [-0.4, -0.2) is 75.1 Å². The fraction of sp³-hybridized carbons (Fsp3) is 0.290. The van der Waals surface area contributed by atoms with Gasteiger partial charge in [0.15, 0.2) is 11.5 Å². The minimum absolute atomic E-state index is 0.0176. The summed E-state index contributed by atoms with van der Waals surface area (Å²) in [5.41, 5.74) is 1.93. The first-order valence-electron chi connectivity index (χ1n) is 12.8. The average molecular weight is 547 g/mol. The molecule has 1 unspecified atom stereocenters. The van der Waals surface area contributed by atoms with Crippen LogP contribution < -0.4 is 18.9 Å². The lowest BCUT2D eigenvalue weighted by Gasteiger charge is -2.27. The molecule has 1 amide bonds. The van der Waals surface area contributed by atoms with Crippen molar-refractivity contribution < 1.29 is 33.6 Å². The van der Waals surface area contributed by atoms with Crippen molar-refractivity contribution in [2.24, 2.45) is 0 Å². The van der Waals surface area contributed by atoms with Crippen LogP contribution >= 0.6 is 0 Å². The van der Waals surface area contributed by atoms with Gasteiger partial charge in [-0.15, -0.1) is 0 Å². The van der Waals surface area contributed by atoms with Crippen LogP contribution in [0, 0.1) is 0 Å². The lowest BCUT2D eigenvalue weighted by atomic mass is 9.94. The number of Topliss-reactive ketones (excluding diaryl/α,β-unsaturated/α-hetero) is 1. The molecule has 3 aromatic carbocycles. The topological polar surface area (TPSA) is 97.8 Å². The third-order valence-electron chi connectivity index (χ3n) is 6.71. The minimum Gasteiger partial charge on any atom is -0.507 e. The molecule has 1 aliphatic heterocycles. The van der Waals surface area contributed by atoms with Gasteiger partial charge in [0, 0.05) is 18.7 Å². The molecule has 1 atom stereocenters. The molecule has 0 saturated carbocycles. The Labute approximate surface area is 234 Å². The number of likely N-dealkylation sites (N-methyl/N-ethyl adjacent to an activating group) is 1. The quantitative estimate of drug-likeness (QED) is 0.216. The van der Waals surface area contributed by atoms with E-state index in [1.54, 1.807) is 36.4 Å². The van der Waals surface area contributed by atoms with Gasteiger partial charge in [-0.3, -0.25) is 9.59 Å². The molecular weight excluding hydrogens is 512 g/mol. The molecule has 1 fully saturated rings. The van der Waals surface area contributed by atoms with Crippen LogP contribution in [0.2, 0.25) is 0 Å². The van der Waals surface area contributed by atoms with Crippen LogP contribution in [-0.2, 0) is 16.2 Å². The van der Waals surface area contributed by atoms with Gasteiger partial charge in [0.1, 0.15) is 18.1 Å². The summed E-state index contributed by atoms with van der Waals surface area (Å²) in [7, 11) is 8.24. The first-order chi connectivity index (χ1) is 19.3. The van der Waals surface area contributed by atoms with Gasteiger partial charge in [-0.1, -0.05) is 30.3 Å². The summed E-state index contributed by atoms with van der Waals surface area (Å²) in [4.78, 5) is 30.0. The van der Waals surface area contributed by atoms with Crippen molar-refractivity contribution in [1.29, 1.82) is 0 Å². The number of likely N-dealkylation sites (tertiary alicyclic amines) is 1. The number of ketones is 1. The van der Waals surface area contributed by atoms with Crippen LogP contribution in [0.15, 0.2) is 72.3 Å². The number of ether oxygens (including phenoxy) is 4. The van der Waals surface area contributed by atoms with E-state index in [2.05, 4.69) is 0 Å². The lowest BCUT2D eigenvalue weighted by Crippen LogP contribution is -2.35. The van der Waals surface area contributed by atoms with Gasteiger partial charge in [-0.25, -0.2) is 0 Å². The van der Waals surface area contributed by atoms with Gasteiger partial charge in [-0.05, 0) is 61.6 Å². The Hall–Kier alpha value is -4.50. The predicted octanol–water partition coefficient (Wildman–Crippen LogP) is 4.27. The van der Waals surface area contributed by atoms with Crippen molar-refractivity contribution in [3.63, 3.8) is 0 Å². The van der Waals surface area contributed by atoms with Crippen LogP contribution in [0.4, 0.5) is 0 Å². The maximum atomic E-state index is 13.4. The van der Waals surface area contributed by atoms with Gasteiger partial charge in [-0.2, -0.15) is 0 Å². The number of hydrogen-bond donors (Lipinski definition) is 1. The summed E-state index contributed by atoms with van der Waals surface area (Å²) < 4.78 is 22.3. The highest BCUT2D eigenvalue weighted by molar-refractivity contribution is 6.46. The van der Waals surface area contributed by atoms with Gasteiger partial charge in [0.2, 0.25) is 5.75 Å². The molecule has 210 valence electrons. The highest BCUT2D eigenvalue weighted by atomic mass is 16.5. The Kier molecular flexibility index (Phi) is 8.96. The Balaban J connectivity index is 1.75. The van der Waals surface area contributed by atoms with Crippen LogP contribution in [0.25, 0.3) is 5.76 Å². The Morgan fingerprint density at radius 2 is 1.52 bits per heavy atom. The molecular formula is C31H34N2O7. The third kappa shape index (κ3) is 5.89. The summed E-state index contributed by atoms with van der Waals surface area (Å²) in [6.07, 6.45) is 0. The molecule has 9 nitrogen and oxygen atoms in total. The second kappa shape index (κ2) is 12.6. The van der Waals surface area contributed by atoms with Crippen molar-refractivity contribution >= 4 is 17.4 Å². The van der Waals surface area contributed by atoms with Crippen molar-refractivity contribution in [3.05, 3.63) is 89.0 Å². The van der Waals surface area contributed by atoms with Crippen molar-refractivity contribution in [2.45, 2.75) is 12.6 Å². The standard InChI is InChI=1S/C31H34N2O7/c1-32(2)15-16-33-27(22-17-24(37-3)30(39-5)25(18-22)38-4)26(29(35)31(33)36)28(34)21-11-13-23(14-12-21)40-19-20-9-7-6-8-10-20/h6-14,17-18,27,34H,15-16,19H2,1-5H3/b28-26+. The molecule has 0 bridgehead atoms. The predicted molar refractivity (Wildman–Crippen MR) is 151 cm³/mol. The molecule has 0 aromatic heterocycles. The van der Waals surface area contributed by atoms with E-state index in [0.717, 1.165) is 5.56 Å². The molecule has 9 heteroatoms. The zero-order valence-electron chi connectivity index (χ0n) is 23.3. The zero-order chi connectivity index (χ0) is 28.8. The molecule has 0 radical (unpaired) electrons. The summed E-state index contributed by atoms with van der Waals surface area (Å²) in [5.74, 6) is -0.00790. The second-order valence-electron chi connectivity index (χ2n) is 9.55. The van der Waals surface area contributed by atoms with E-state index >= 15 is 0 Å². The SMILES string of the molecule is COc1cc(C2/C(=C(\O)c3ccc(OCc4ccccc4)cc3)C(=O)C(=O)N2CCN(C)C)cc(OC)c1OC. The van der Waals surface area contributed by atoms with Crippen LogP contribution in [0.1, 0.15) is 22.7 Å². The Morgan fingerprint density at radius 3 is 2.08 bits per heavy atom. The first kappa shape index (κ1) is 28.5. The lowest BCUT2D eigenvalue weighted by molar-refractivity contribution is -0.140. The first-order valence-corrected chi connectivity index (χ1v) is 12.8. The van der Waals surface area contributed by atoms with Gasteiger partial charge < -0.3 is 33.9 Å². The molecule has 0 spiro atoms. The molecule has 1 saturated heterocycles. The average Bonchev–Trinajstić information content (AvgIpc) is 3.23. The normalized spacial score (nSPS) is 16.4. The van der Waals surface area contributed by atoms with Crippen LogP contribution in [0.3, 0.4) is 0 Å². The molecule has 1 heterocycles. The minimum atomic E-state index is -0.873. The molecule has 0 aliphatic carbocycles. The number of carbonyl (C=O) groups is 2. The number of methoxy groups -OCH3 is 3. The number of carbonyl (C=O) groups excluding carboxylic acids is 2. The molecule has 1 aliphatic rings. The number of hydrogen-bond acceptors (Lipinski definition) is 8. The van der Waals surface area contributed by atoms with E-state index < -0.39 is 17.7 Å². The number of rotatable bonds is 11. The van der Waals surface area contributed by atoms with E-state index in [0.29, 0.717) is 47.3 Å². The third-order valence-corrected chi connectivity index (χ3v) is 6.71. The molecule has 3 aromatic rings. The largest absolute Gasteiger partial charge is 0.507 e. The molecule has 40 heavy (non-hydrogen) atoms. The van der Waals surface area contributed by atoms with Gasteiger partial charge >= 0.3 is 0 Å². The van der Waals surface area contributed by atoms with Gasteiger partial charge in [0.05, 0.1) is 32.9 Å². The van der Waals surface area contributed by atoms with Crippen molar-refractivity contribution in [2.75, 3.05) is 48.5 Å². The van der Waals surface area contributed by atoms with E-state index in [-0.39, 0.29) is 17.9 Å². The molecule has 4 rings (SSSR count). The van der Waals surface area contributed by atoms with Crippen molar-refractivity contribution in [1.82, 2.24) is 9.80 Å². The highest BCUT2D eigenvalue weighted by Crippen LogP contribution is 2.45. The maximum absolute atomic E-state index is 13.4. The summed E-state index contributed by atoms with van der Waals surface area (Å²) in [6.45, 7) is 1.17. The fourth-order valence-electron chi connectivity index (χ4n) is 4.63. The summed E-state index contributed by atoms with van der Waals surface area (Å²) in [6, 6.07) is 19.0. The maximum Gasteiger partial charge on any atom is 0.295 e. The van der Waals surface area contributed by atoms with Crippen LogP contribution in [0.5, 0.6) is 23.0 Å². The van der Waals surface area contributed by atoms with E-state index in [1.165, 1.54) is 26.2 Å². The summed E-state index contributed by atoms with van der Waals surface area (Å²) in [5, 5.41) is 11.4. The number of aliphatic hydroxyl groups excluding tert-OH is 1. The summed E-state index contributed by atoms with van der Waals surface area (Å²) >= 11 is 0. The number of aliphatic hydroxyl groups is 1.